The number of phenolic OH excluding ortho intramolecular Hbond substituents is 1. The molecule has 0 saturated heterocycles. The van der Waals surface area contributed by atoms with Gasteiger partial charge in [-0.25, -0.2) is 0 Å². The number of ether oxygens (including phenoxy) is 1. The standard InChI is InChI=1S/C21H26N2O4/c1-14(24)23-15-9-10-18(25)16(13-15)20(26)22-11-12-27-19-8-6-5-7-17(19)21(2,3)4/h5-10,13,25H,11-12H2,1-4H3,(H,22,26)(H,23,24). The molecule has 0 fully saturated rings. The van der Waals surface area contributed by atoms with Crippen molar-refractivity contribution >= 4 is 17.5 Å². The van der Waals surface area contributed by atoms with Crippen LogP contribution in [0.2, 0.25) is 0 Å². The summed E-state index contributed by atoms with van der Waals surface area (Å²) in [5.41, 5.74) is 1.59. The third-order valence-electron chi connectivity index (χ3n) is 3.90. The zero-order valence-corrected chi connectivity index (χ0v) is 16.1. The van der Waals surface area contributed by atoms with Crippen molar-refractivity contribution in [2.24, 2.45) is 0 Å². The van der Waals surface area contributed by atoms with E-state index >= 15 is 0 Å². The lowest BCUT2D eigenvalue weighted by atomic mass is 9.86. The average Bonchev–Trinajstić information content (AvgIpc) is 2.59. The number of para-hydroxylation sites is 1. The highest BCUT2D eigenvalue weighted by molar-refractivity contribution is 5.99. The van der Waals surface area contributed by atoms with Gasteiger partial charge in [-0.15, -0.1) is 0 Å². The first-order valence-corrected chi connectivity index (χ1v) is 8.79. The van der Waals surface area contributed by atoms with Crippen molar-refractivity contribution < 1.29 is 19.4 Å². The largest absolute Gasteiger partial charge is 0.507 e. The molecule has 144 valence electrons. The number of benzene rings is 2. The molecule has 0 saturated carbocycles. The molecule has 27 heavy (non-hydrogen) atoms. The first-order valence-electron chi connectivity index (χ1n) is 8.79. The average molecular weight is 370 g/mol. The highest BCUT2D eigenvalue weighted by Gasteiger charge is 2.18. The molecule has 0 aliphatic heterocycles. The molecule has 0 aromatic heterocycles. The lowest BCUT2D eigenvalue weighted by Gasteiger charge is -2.22. The number of nitrogens with one attached hydrogen (secondary N) is 2. The molecule has 6 nitrogen and oxygen atoms in total. The predicted molar refractivity (Wildman–Crippen MR) is 105 cm³/mol. The SMILES string of the molecule is CC(=O)Nc1ccc(O)c(C(=O)NCCOc2ccccc2C(C)(C)C)c1. The van der Waals surface area contributed by atoms with E-state index in [1.807, 2.05) is 24.3 Å². The Morgan fingerprint density at radius 3 is 2.48 bits per heavy atom. The number of hydrogen-bond acceptors (Lipinski definition) is 4. The minimum absolute atomic E-state index is 0.0459. The van der Waals surface area contributed by atoms with Crippen LogP contribution in [0.1, 0.15) is 43.6 Å². The van der Waals surface area contributed by atoms with Crippen LogP contribution in [0.25, 0.3) is 0 Å². The zero-order chi connectivity index (χ0) is 20.0. The van der Waals surface area contributed by atoms with Crippen molar-refractivity contribution in [2.45, 2.75) is 33.1 Å². The van der Waals surface area contributed by atoms with Gasteiger partial charge < -0.3 is 20.5 Å². The van der Waals surface area contributed by atoms with Crippen molar-refractivity contribution in [3.05, 3.63) is 53.6 Å². The molecule has 0 bridgehead atoms. The Bertz CT molecular complexity index is 825. The summed E-state index contributed by atoms with van der Waals surface area (Å²) in [5, 5.41) is 15.2. The minimum atomic E-state index is -0.438. The van der Waals surface area contributed by atoms with E-state index in [-0.39, 0.29) is 29.2 Å². The van der Waals surface area contributed by atoms with Gasteiger partial charge in [-0.1, -0.05) is 39.0 Å². The van der Waals surface area contributed by atoms with Crippen LogP contribution in [0.3, 0.4) is 0 Å². The van der Waals surface area contributed by atoms with E-state index < -0.39 is 5.91 Å². The van der Waals surface area contributed by atoms with Gasteiger partial charge in [0, 0.05) is 12.6 Å². The van der Waals surface area contributed by atoms with E-state index in [4.69, 9.17) is 4.74 Å². The summed E-state index contributed by atoms with van der Waals surface area (Å²) in [5.74, 6) is -0.0549. The van der Waals surface area contributed by atoms with E-state index in [1.54, 1.807) is 0 Å². The van der Waals surface area contributed by atoms with Gasteiger partial charge in [0.2, 0.25) is 5.91 Å². The highest BCUT2D eigenvalue weighted by Crippen LogP contribution is 2.30. The number of aromatic hydroxyl groups is 1. The topological polar surface area (TPSA) is 87.7 Å². The summed E-state index contributed by atoms with van der Waals surface area (Å²) >= 11 is 0. The molecule has 2 amide bonds. The molecule has 0 aliphatic carbocycles. The number of hydrogen-bond donors (Lipinski definition) is 3. The molecular weight excluding hydrogens is 344 g/mol. The molecule has 0 radical (unpaired) electrons. The molecule has 0 atom stereocenters. The lowest BCUT2D eigenvalue weighted by Crippen LogP contribution is -2.28. The maximum Gasteiger partial charge on any atom is 0.255 e. The monoisotopic (exact) mass is 370 g/mol. The predicted octanol–water partition coefficient (Wildman–Crippen LogP) is 3.46. The maximum atomic E-state index is 12.3. The molecule has 6 heteroatoms. The Kier molecular flexibility index (Phi) is 6.45. The van der Waals surface area contributed by atoms with Crippen LogP contribution in [0.5, 0.6) is 11.5 Å². The fourth-order valence-electron chi connectivity index (χ4n) is 2.63. The number of rotatable bonds is 6. The third-order valence-corrected chi connectivity index (χ3v) is 3.90. The summed E-state index contributed by atoms with van der Waals surface area (Å²) in [4.78, 5) is 23.4. The summed E-state index contributed by atoms with van der Waals surface area (Å²) in [6.45, 7) is 8.29. The van der Waals surface area contributed by atoms with E-state index in [1.165, 1.54) is 25.1 Å². The zero-order valence-electron chi connectivity index (χ0n) is 16.1. The lowest BCUT2D eigenvalue weighted by molar-refractivity contribution is -0.114. The quantitative estimate of drug-likeness (QED) is 0.537. The van der Waals surface area contributed by atoms with Gasteiger partial charge in [-0.3, -0.25) is 9.59 Å². The Morgan fingerprint density at radius 1 is 1.11 bits per heavy atom. The second-order valence-electron chi connectivity index (χ2n) is 7.26. The summed E-state index contributed by atoms with van der Waals surface area (Å²) in [6.07, 6.45) is 0. The summed E-state index contributed by atoms with van der Waals surface area (Å²) < 4.78 is 5.82. The summed E-state index contributed by atoms with van der Waals surface area (Å²) in [6, 6.07) is 12.2. The van der Waals surface area contributed by atoms with Crippen molar-refractivity contribution in [3.63, 3.8) is 0 Å². The molecule has 0 heterocycles. The third kappa shape index (κ3) is 5.74. The van der Waals surface area contributed by atoms with Gasteiger partial charge in [-0.2, -0.15) is 0 Å². The van der Waals surface area contributed by atoms with Gasteiger partial charge in [0.15, 0.2) is 0 Å². The molecule has 3 N–H and O–H groups in total. The summed E-state index contributed by atoms with van der Waals surface area (Å²) in [7, 11) is 0. The van der Waals surface area contributed by atoms with Crippen LogP contribution in [0, 0.1) is 0 Å². The Morgan fingerprint density at radius 2 is 1.81 bits per heavy atom. The molecular formula is C21H26N2O4. The number of carbonyl (C=O) groups is 2. The molecule has 0 spiro atoms. The van der Waals surface area contributed by atoms with Crippen molar-refractivity contribution in [1.29, 1.82) is 0 Å². The minimum Gasteiger partial charge on any atom is -0.507 e. The highest BCUT2D eigenvalue weighted by atomic mass is 16.5. The normalized spacial score (nSPS) is 11.0. The van der Waals surface area contributed by atoms with Crippen LogP contribution in [0.15, 0.2) is 42.5 Å². The van der Waals surface area contributed by atoms with E-state index in [0.29, 0.717) is 12.3 Å². The van der Waals surface area contributed by atoms with Gasteiger partial charge in [0.25, 0.3) is 5.91 Å². The van der Waals surface area contributed by atoms with Crippen LogP contribution in [0.4, 0.5) is 5.69 Å². The van der Waals surface area contributed by atoms with Crippen LogP contribution < -0.4 is 15.4 Å². The number of phenols is 1. The van der Waals surface area contributed by atoms with Crippen molar-refractivity contribution in [2.75, 3.05) is 18.5 Å². The Labute approximate surface area is 159 Å². The van der Waals surface area contributed by atoms with Gasteiger partial charge in [0.1, 0.15) is 18.1 Å². The smallest absolute Gasteiger partial charge is 0.255 e. The van der Waals surface area contributed by atoms with Gasteiger partial charge >= 0.3 is 0 Å². The first kappa shape index (κ1) is 20.3. The number of amides is 2. The maximum absolute atomic E-state index is 12.3. The second kappa shape index (κ2) is 8.58. The molecule has 0 unspecified atom stereocenters. The molecule has 2 aromatic carbocycles. The number of anilines is 1. The van der Waals surface area contributed by atoms with Crippen molar-refractivity contribution in [1.82, 2.24) is 5.32 Å². The van der Waals surface area contributed by atoms with Crippen LogP contribution in [-0.4, -0.2) is 30.1 Å². The van der Waals surface area contributed by atoms with E-state index in [0.717, 1.165) is 11.3 Å². The Hall–Kier alpha value is -3.02. The first-order chi connectivity index (χ1) is 12.7. The fourth-order valence-corrected chi connectivity index (χ4v) is 2.63. The van der Waals surface area contributed by atoms with Gasteiger partial charge in [-0.05, 0) is 35.2 Å². The fraction of sp³-hybridized carbons (Fsp3) is 0.333. The second-order valence-corrected chi connectivity index (χ2v) is 7.26. The van der Waals surface area contributed by atoms with E-state index in [2.05, 4.69) is 31.4 Å². The molecule has 2 rings (SSSR count). The van der Waals surface area contributed by atoms with Crippen LogP contribution >= 0.6 is 0 Å². The van der Waals surface area contributed by atoms with E-state index in [9.17, 15) is 14.7 Å². The molecule has 0 aliphatic rings. The van der Waals surface area contributed by atoms with Crippen LogP contribution in [-0.2, 0) is 10.2 Å². The Balaban J connectivity index is 1.95. The van der Waals surface area contributed by atoms with Gasteiger partial charge in [0.05, 0.1) is 12.1 Å². The van der Waals surface area contributed by atoms with Crippen molar-refractivity contribution in [3.8, 4) is 11.5 Å². The molecule has 2 aromatic rings. The number of carbonyl (C=O) groups excluding carboxylic acids is 2.